The molecule has 140 valence electrons. The molecule has 3 heterocycles. The van der Waals surface area contributed by atoms with Crippen molar-refractivity contribution in [2.75, 3.05) is 18.5 Å². The minimum absolute atomic E-state index is 0.0403. The van der Waals surface area contributed by atoms with E-state index in [2.05, 4.69) is 24.4 Å². The summed E-state index contributed by atoms with van der Waals surface area (Å²) >= 11 is 7.88. The highest BCUT2D eigenvalue weighted by Gasteiger charge is 2.23. The molecule has 0 bridgehead atoms. The van der Waals surface area contributed by atoms with Gasteiger partial charge in [-0.15, -0.1) is 11.3 Å². The molecule has 1 N–H and O–H groups in total. The lowest BCUT2D eigenvalue weighted by molar-refractivity contribution is -0.118. The minimum atomic E-state index is -0.124. The standard InChI is InChI=1S/C22H17ClN2O2S/c1-12-4-5-24-22(20-9-14-7-15(23)2-3-19(14)28-20)16-10-18-17(8-13(16)6-12)25-21(26)11-27-18/h2-4,7-10H,5-6,11H2,1H3,(H,25,26). The van der Waals surface area contributed by atoms with Crippen molar-refractivity contribution in [1.29, 1.82) is 0 Å². The van der Waals surface area contributed by atoms with Crippen LogP contribution in [-0.2, 0) is 11.2 Å². The average Bonchev–Trinajstić information content (AvgIpc) is 3.06. The SMILES string of the molecule is CC1=CCN=C(c2cc3cc(Cl)ccc3s2)c2cc3c(cc2C1)NC(=O)CO3. The van der Waals surface area contributed by atoms with Gasteiger partial charge in [0.15, 0.2) is 6.61 Å². The Balaban J connectivity index is 1.69. The summed E-state index contributed by atoms with van der Waals surface area (Å²) < 4.78 is 6.84. The third kappa shape index (κ3) is 3.11. The minimum Gasteiger partial charge on any atom is -0.482 e. The third-order valence-corrected chi connectivity index (χ3v) is 6.32. The molecular formula is C22H17ClN2O2S. The number of fused-ring (bicyclic) bond motifs is 3. The van der Waals surface area contributed by atoms with Crippen molar-refractivity contribution in [2.24, 2.45) is 4.99 Å². The van der Waals surface area contributed by atoms with Crippen LogP contribution in [0.3, 0.4) is 0 Å². The molecule has 5 rings (SSSR count). The van der Waals surface area contributed by atoms with Crippen molar-refractivity contribution in [3.05, 3.63) is 69.1 Å². The zero-order valence-electron chi connectivity index (χ0n) is 15.2. The number of nitrogens with one attached hydrogen (secondary N) is 1. The molecule has 0 saturated carbocycles. The van der Waals surface area contributed by atoms with Gasteiger partial charge in [0, 0.05) is 15.3 Å². The molecule has 2 aliphatic rings. The number of allylic oxidation sites excluding steroid dienone is 1. The van der Waals surface area contributed by atoms with E-state index >= 15 is 0 Å². The van der Waals surface area contributed by atoms with Gasteiger partial charge >= 0.3 is 0 Å². The number of amides is 1. The lowest BCUT2D eigenvalue weighted by Crippen LogP contribution is -2.26. The number of rotatable bonds is 1. The van der Waals surface area contributed by atoms with Crippen LogP contribution in [-0.4, -0.2) is 24.8 Å². The molecule has 1 amide bonds. The van der Waals surface area contributed by atoms with Gasteiger partial charge in [0.1, 0.15) is 5.75 Å². The zero-order chi connectivity index (χ0) is 19.3. The number of benzene rings is 2. The van der Waals surface area contributed by atoms with Crippen LogP contribution in [0.2, 0.25) is 5.02 Å². The molecule has 0 radical (unpaired) electrons. The summed E-state index contributed by atoms with van der Waals surface area (Å²) in [7, 11) is 0. The van der Waals surface area contributed by atoms with Crippen LogP contribution in [0, 0.1) is 0 Å². The molecule has 0 atom stereocenters. The number of hydrogen-bond acceptors (Lipinski definition) is 4. The van der Waals surface area contributed by atoms with Gasteiger partial charge < -0.3 is 10.1 Å². The summed E-state index contributed by atoms with van der Waals surface area (Å²) in [4.78, 5) is 17.7. The Morgan fingerprint density at radius 1 is 1.21 bits per heavy atom. The van der Waals surface area contributed by atoms with E-state index in [9.17, 15) is 4.79 Å². The summed E-state index contributed by atoms with van der Waals surface area (Å²) in [6.45, 7) is 2.79. The summed E-state index contributed by atoms with van der Waals surface area (Å²) in [5, 5.41) is 4.76. The molecule has 28 heavy (non-hydrogen) atoms. The van der Waals surface area contributed by atoms with Crippen molar-refractivity contribution >= 4 is 50.3 Å². The van der Waals surface area contributed by atoms with Gasteiger partial charge in [0.2, 0.25) is 0 Å². The van der Waals surface area contributed by atoms with Crippen LogP contribution in [0.5, 0.6) is 5.75 Å². The fourth-order valence-electron chi connectivity index (χ4n) is 3.63. The van der Waals surface area contributed by atoms with E-state index in [1.807, 2.05) is 30.3 Å². The van der Waals surface area contributed by atoms with Gasteiger partial charge in [-0.1, -0.05) is 23.3 Å². The third-order valence-electron chi connectivity index (χ3n) is 4.96. The van der Waals surface area contributed by atoms with Crippen LogP contribution in [0.1, 0.15) is 22.9 Å². The lowest BCUT2D eigenvalue weighted by atomic mass is 9.94. The van der Waals surface area contributed by atoms with Crippen LogP contribution in [0.25, 0.3) is 10.1 Å². The summed E-state index contributed by atoms with van der Waals surface area (Å²) in [6.07, 6.45) is 2.97. The number of halogens is 1. The van der Waals surface area contributed by atoms with Crippen LogP contribution in [0.15, 0.2) is 53.0 Å². The highest BCUT2D eigenvalue weighted by molar-refractivity contribution is 7.21. The first-order valence-corrected chi connectivity index (χ1v) is 10.3. The first-order valence-electron chi connectivity index (χ1n) is 9.06. The smallest absolute Gasteiger partial charge is 0.262 e. The van der Waals surface area contributed by atoms with Gasteiger partial charge in [-0.3, -0.25) is 9.79 Å². The fourth-order valence-corrected chi connectivity index (χ4v) is 4.88. The fraction of sp³-hybridized carbons (Fsp3) is 0.182. The number of carbonyl (C=O) groups is 1. The molecule has 0 unspecified atom stereocenters. The molecule has 1 aromatic heterocycles. The van der Waals surface area contributed by atoms with Crippen molar-refractivity contribution in [3.8, 4) is 5.75 Å². The van der Waals surface area contributed by atoms with Gasteiger partial charge in [-0.25, -0.2) is 0 Å². The van der Waals surface area contributed by atoms with E-state index in [1.165, 1.54) is 10.3 Å². The summed E-state index contributed by atoms with van der Waals surface area (Å²) in [6, 6.07) is 12.1. The monoisotopic (exact) mass is 408 g/mol. The number of nitrogens with zero attached hydrogens (tertiary/aromatic N) is 1. The molecule has 0 aliphatic carbocycles. The number of hydrogen-bond donors (Lipinski definition) is 1. The van der Waals surface area contributed by atoms with Crippen molar-refractivity contribution in [3.63, 3.8) is 0 Å². The topological polar surface area (TPSA) is 50.7 Å². The first kappa shape index (κ1) is 17.5. The molecule has 6 heteroatoms. The second-order valence-electron chi connectivity index (χ2n) is 7.05. The van der Waals surface area contributed by atoms with Crippen LogP contribution < -0.4 is 10.1 Å². The lowest BCUT2D eigenvalue weighted by Gasteiger charge is -2.22. The second-order valence-corrected chi connectivity index (χ2v) is 8.57. The maximum Gasteiger partial charge on any atom is 0.262 e. The number of aliphatic imine (C=N–C) groups is 1. The summed E-state index contributed by atoms with van der Waals surface area (Å²) in [5.74, 6) is 0.568. The molecule has 0 spiro atoms. The molecule has 4 nitrogen and oxygen atoms in total. The Bertz CT molecular complexity index is 1190. The normalized spacial score (nSPS) is 16.1. The van der Waals surface area contributed by atoms with E-state index in [1.54, 1.807) is 11.3 Å². The number of anilines is 1. The van der Waals surface area contributed by atoms with Gasteiger partial charge in [0.05, 0.1) is 22.8 Å². The Morgan fingerprint density at radius 3 is 3.00 bits per heavy atom. The van der Waals surface area contributed by atoms with Crippen LogP contribution in [0.4, 0.5) is 5.69 Å². The molecule has 2 aromatic carbocycles. The molecule has 2 aliphatic heterocycles. The second kappa shape index (κ2) is 6.76. The van der Waals surface area contributed by atoms with E-state index in [4.69, 9.17) is 21.3 Å². The van der Waals surface area contributed by atoms with Crippen molar-refractivity contribution in [2.45, 2.75) is 13.3 Å². The van der Waals surface area contributed by atoms with Crippen molar-refractivity contribution < 1.29 is 9.53 Å². The van der Waals surface area contributed by atoms with Crippen LogP contribution >= 0.6 is 22.9 Å². The quantitative estimate of drug-likeness (QED) is 0.561. The maximum absolute atomic E-state index is 11.7. The van der Waals surface area contributed by atoms with Gasteiger partial charge in [0.25, 0.3) is 5.91 Å². The highest BCUT2D eigenvalue weighted by atomic mass is 35.5. The van der Waals surface area contributed by atoms with E-state index in [0.29, 0.717) is 12.3 Å². The highest BCUT2D eigenvalue weighted by Crippen LogP contribution is 2.36. The average molecular weight is 409 g/mol. The number of thiophene rings is 1. The molecule has 3 aromatic rings. The van der Waals surface area contributed by atoms with Gasteiger partial charge in [-0.05, 0) is 60.7 Å². The summed E-state index contributed by atoms with van der Waals surface area (Å²) in [5.41, 5.74) is 5.13. The Morgan fingerprint density at radius 2 is 2.11 bits per heavy atom. The molecule has 0 fully saturated rings. The van der Waals surface area contributed by atoms with Crippen molar-refractivity contribution in [1.82, 2.24) is 0 Å². The predicted molar refractivity (Wildman–Crippen MR) is 115 cm³/mol. The van der Waals surface area contributed by atoms with Gasteiger partial charge in [-0.2, -0.15) is 0 Å². The Hall–Kier alpha value is -2.63. The van der Waals surface area contributed by atoms with E-state index in [-0.39, 0.29) is 12.5 Å². The molecule has 0 saturated heterocycles. The number of carbonyl (C=O) groups excluding carboxylic acids is 1. The van der Waals surface area contributed by atoms with E-state index in [0.717, 1.165) is 44.2 Å². The zero-order valence-corrected chi connectivity index (χ0v) is 16.8. The Kier molecular flexibility index (Phi) is 4.22. The predicted octanol–water partition coefficient (Wildman–Crippen LogP) is 5.23. The number of ether oxygens (including phenoxy) is 1. The van der Waals surface area contributed by atoms with E-state index < -0.39 is 0 Å². The largest absolute Gasteiger partial charge is 0.482 e. The molecular weight excluding hydrogens is 392 g/mol. The Labute approximate surface area is 171 Å². The maximum atomic E-state index is 11.7. The first-order chi connectivity index (χ1) is 13.6.